The summed E-state index contributed by atoms with van der Waals surface area (Å²) in [7, 11) is 0. The van der Waals surface area contributed by atoms with Gasteiger partial charge in [0.25, 0.3) is 0 Å². The first-order valence-corrected chi connectivity index (χ1v) is 6.45. The summed E-state index contributed by atoms with van der Waals surface area (Å²) in [6.45, 7) is -0.255. The van der Waals surface area contributed by atoms with Crippen LogP contribution in [0, 0.1) is 0 Å². The van der Waals surface area contributed by atoms with E-state index in [1.54, 1.807) is 18.2 Å². The molecule has 0 spiro atoms. The standard InChI is InChI=1S/C15H12N2O5/c16-10-2-3-11(17-6-10)15(19)20-7-12(18)9-1-4-13-14(5-9)22-8-21-13/h1-6H,7-8,16H2. The van der Waals surface area contributed by atoms with Crippen molar-refractivity contribution in [2.24, 2.45) is 0 Å². The van der Waals surface area contributed by atoms with E-state index < -0.39 is 5.97 Å². The monoisotopic (exact) mass is 300 g/mol. The number of pyridine rings is 1. The second kappa shape index (κ2) is 5.72. The number of benzene rings is 1. The van der Waals surface area contributed by atoms with Crippen LogP contribution in [-0.4, -0.2) is 30.1 Å². The van der Waals surface area contributed by atoms with E-state index in [0.29, 0.717) is 22.7 Å². The van der Waals surface area contributed by atoms with Gasteiger partial charge in [0.05, 0.1) is 11.9 Å². The predicted octanol–water partition coefficient (Wildman–Crippen LogP) is 1.43. The first-order chi connectivity index (χ1) is 10.6. The second-order valence-electron chi connectivity index (χ2n) is 4.54. The minimum absolute atomic E-state index is 0.0905. The Morgan fingerprint density at radius 1 is 1.18 bits per heavy atom. The van der Waals surface area contributed by atoms with Crippen LogP contribution in [0.3, 0.4) is 0 Å². The van der Waals surface area contributed by atoms with Crippen molar-refractivity contribution in [2.45, 2.75) is 0 Å². The summed E-state index contributed by atoms with van der Waals surface area (Å²) in [4.78, 5) is 27.6. The van der Waals surface area contributed by atoms with Gasteiger partial charge in [-0.15, -0.1) is 0 Å². The molecule has 7 heteroatoms. The number of nitrogen functional groups attached to an aromatic ring is 1. The normalized spacial score (nSPS) is 12.0. The number of hydrogen-bond donors (Lipinski definition) is 1. The van der Waals surface area contributed by atoms with E-state index in [1.807, 2.05) is 0 Å². The number of esters is 1. The maximum atomic E-state index is 12.0. The Labute approximate surface area is 125 Å². The largest absolute Gasteiger partial charge is 0.454 e. The molecule has 1 aliphatic heterocycles. The Morgan fingerprint density at radius 2 is 2.00 bits per heavy atom. The SMILES string of the molecule is Nc1ccc(C(=O)OCC(=O)c2ccc3c(c2)OCO3)nc1. The zero-order chi connectivity index (χ0) is 15.5. The van der Waals surface area contributed by atoms with Gasteiger partial charge in [0.15, 0.2) is 23.9 Å². The van der Waals surface area contributed by atoms with E-state index in [1.165, 1.54) is 18.3 Å². The van der Waals surface area contributed by atoms with Gasteiger partial charge < -0.3 is 19.9 Å². The molecule has 0 unspecified atom stereocenters. The van der Waals surface area contributed by atoms with Gasteiger partial charge in [-0.3, -0.25) is 4.79 Å². The Bertz CT molecular complexity index is 727. The number of rotatable bonds is 4. The van der Waals surface area contributed by atoms with Crippen molar-refractivity contribution in [1.82, 2.24) is 4.98 Å². The summed E-state index contributed by atoms with van der Waals surface area (Å²) in [5.41, 5.74) is 6.38. The lowest BCUT2D eigenvalue weighted by molar-refractivity contribution is 0.0469. The molecule has 0 bridgehead atoms. The number of nitrogens with two attached hydrogens (primary N) is 1. The Hall–Kier alpha value is -3.09. The van der Waals surface area contributed by atoms with Gasteiger partial charge in [-0.2, -0.15) is 0 Å². The molecule has 1 aromatic carbocycles. The highest BCUT2D eigenvalue weighted by Crippen LogP contribution is 2.32. The first kappa shape index (κ1) is 13.9. The fourth-order valence-corrected chi connectivity index (χ4v) is 1.88. The van der Waals surface area contributed by atoms with Gasteiger partial charge in [-0.1, -0.05) is 0 Å². The van der Waals surface area contributed by atoms with Gasteiger partial charge in [0, 0.05) is 5.56 Å². The molecule has 2 N–H and O–H groups in total. The number of anilines is 1. The molecule has 2 aromatic rings. The lowest BCUT2D eigenvalue weighted by Gasteiger charge is -2.05. The Balaban J connectivity index is 1.62. The van der Waals surface area contributed by atoms with Crippen LogP contribution in [0.4, 0.5) is 5.69 Å². The zero-order valence-corrected chi connectivity index (χ0v) is 11.4. The molecule has 2 heterocycles. The number of ether oxygens (including phenoxy) is 3. The lowest BCUT2D eigenvalue weighted by Crippen LogP contribution is -2.15. The van der Waals surface area contributed by atoms with Crippen LogP contribution in [0.1, 0.15) is 20.8 Å². The van der Waals surface area contributed by atoms with Crippen LogP contribution < -0.4 is 15.2 Å². The predicted molar refractivity (Wildman–Crippen MR) is 75.8 cm³/mol. The summed E-state index contributed by atoms with van der Waals surface area (Å²) in [5, 5.41) is 0. The number of carbonyl (C=O) groups excluding carboxylic acids is 2. The summed E-state index contributed by atoms with van der Waals surface area (Å²) >= 11 is 0. The minimum Gasteiger partial charge on any atom is -0.454 e. The fourth-order valence-electron chi connectivity index (χ4n) is 1.88. The van der Waals surface area contributed by atoms with Crippen LogP contribution in [0.25, 0.3) is 0 Å². The first-order valence-electron chi connectivity index (χ1n) is 6.45. The molecular weight excluding hydrogens is 288 g/mol. The van der Waals surface area contributed by atoms with Gasteiger partial charge in [0.2, 0.25) is 6.79 Å². The van der Waals surface area contributed by atoms with Gasteiger partial charge in [0.1, 0.15) is 5.69 Å². The summed E-state index contributed by atoms with van der Waals surface area (Å²) in [6.07, 6.45) is 1.34. The van der Waals surface area contributed by atoms with E-state index in [9.17, 15) is 9.59 Å². The number of aromatic nitrogens is 1. The van der Waals surface area contributed by atoms with Crippen LogP contribution in [0.5, 0.6) is 11.5 Å². The fraction of sp³-hybridized carbons (Fsp3) is 0.133. The maximum Gasteiger partial charge on any atom is 0.357 e. The van der Waals surface area contributed by atoms with Crippen molar-refractivity contribution in [3.63, 3.8) is 0 Å². The maximum absolute atomic E-state index is 12.0. The third kappa shape index (κ3) is 2.83. The quantitative estimate of drug-likeness (QED) is 0.673. The summed E-state index contributed by atoms with van der Waals surface area (Å²) < 4.78 is 15.3. The molecule has 3 rings (SSSR count). The number of fused-ring (bicyclic) bond motifs is 1. The van der Waals surface area contributed by atoms with Crippen LogP contribution >= 0.6 is 0 Å². The molecule has 0 fully saturated rings. The molecule has 22 heavy (non-hydrogen) atoms. The van der Waals surface area contributed by atoms with Crippen molar-refractivity contribution >= 4 is 17.4 Å². The number of nitrogens with zero attached hydrogens (tertiary/aromatic N) is 1. The molecule has 0 aliphatic carbocycles. The second-order valence-corrected chi connectivity index (χ2v) is 4.54. The molecule has 0 amide bonds. The molecule has 1 aromatic heterocycles. The average Bonchev–Trinajstić information content (AvgIpc) is 3.00. The van der Waals surface area contributed by atoms with Crippen molar-refractivity contribution in [2.75, 3.05) is 19.1 Å². The average molecular weight is 300 g/mol. The van der Waals surface area contributed by atoms with Gasteiger partial charge >= 0.3 is 5.97 Å². The summed E-state index contributed by atoms with van der Waals surface area (Å²) in [5.74, 6) is 0.0492. The van der Waals surface area contributed by atoms with E-state index in [2.05, 4.69) is 4.98 Å². The molecule has 0 atom stereocenters. The van der Waals surface area contributed by atoms with Crippen molar-refractivity contribution in [3.05, 3.63) is 47.8 Å². The van der Waals surface area contributed by atoms with Crippen LogP contribution in [0.15, 0.2) is 36.5 Å². The molecule has 1 aliphatic rings. The third-order valence-electron chi connectivity index (χ3n) is 3.02. The van der Waals surface area contributed by atoms with E-state index in [4.69, 9.17) is 19.9 Å². The number of carbonyl (C=O) groups is 2. The summed E-state index contributed by atoms with van der Waals surface area (Å²) in [6, 6.07) is 7.75. The molecule has 7 nitrogen and oxygen atoms in total. The van der Waals surface area contributed by atoms with Gasteiger partial charge in [-0.05, 0) is 30.3 Å². The lowest BCUT2D eigenvalue weighted by atomic mass is 10.1. The van der Waals surface area contributed by atoms with E-state index >= 15 is 0 Å². The number of hydrogen-bond acceptors (Lipinski definition) is 7. The highest BCUT2D eigenvalue weighted by molar-refractivity contribution is 5.99. The molecule has 0 radical (unpaired) electrons. The van der Waals surface area contributed by atoms with Crippen LogP contribution in [0.2, 0.25) is 0 Å². The Kier molecular flexibility index (Phi) is 3.61. The van der Waals surface area contributed by atoms with E-state index in [-0.39, 0.29) is 24.9 Å². The third-order valence-corrected chi connectivity index (χ3v) is 3.02. The zero-order valence-electron chi connectivity index (χ0n) is 11.4. The Morgan fingerprint density at radius 3 is 2.77 bits per heavy atom. The smallest absolute Gasteiger partial charge is 0.357 e. The minimum atomic E-state index is -0.686. The molecular formula is C15H12N2O5. The van der Waals surface area contributed by atoms with Crippen molar-refractivity contribution < 1.29 is 23.8 Å². The molecule has 0 saturated heterocycles. The highest BCUT2D eigenvalue weighted by atomic mass is 16.7. The highest BCUT2D eigenvalue weighted by Gasteiger charge is 2.17. The number of ketones is 1. The molecule has 112 valence electrons. The van der Waals surface area contributed by atoms with Crippen molar-refractivity contribution in [1.29, 1.82) is 0 Å². The van der Waals surface area contributed by atoms with Crippen molar-refractivity contribution in [3.8, 4) is 11.5 Å². The van der Waals surface area contributed by atoms with E-state index in [0.717, 1.165) is 0 Å². The molecule has 0 saturated carbocycles. The topological polar surface area (TPSA) is 101 Å². The van der Waals surface area contributed by atoms with Gasteiger partial charge in [-0.25, -0.2) is 9.78 Å². The number of Topliss-reactive ketones (excluding diaryl/α,β-unsaturated/α-hetero) is 1. The van der Waals surface area contributed by atoms with Crippen LogP contribution in [-0.2, 0) is 4.74 Å².